The molecule has 0 radical (unpaired) electrons. The fourth-order valence-corrected chi connectivity index (χ4v) is 1.30. The molecule has 0 unspecified atom stereocenters. The molecule has 0 saturated carbocycles. The molecule has 0 bridgehead atoms. The Bertz CT molecular complexity index is 154. The van der Waals surface area contributed by atoms with Gasteiger partial charge in [-0.05, 0) is 19.3 Å². The van der Waals surface area contributed by atoms with Crippen LogP contribution in [0.1, 0.15) is 19.8 Å². The van der Waals surface area contributed by atoms with Crippen LogP contribution in [0.4, 0.5) is 0 Å². The van der Waals surface area contributed by atoms with Gasteiger partial charge in [0, 0.05) is 0 Å². The Morgan fingerprint density at radius 2 is 2.00 bits per heavy atom. The molecule has 0 rings (SSSR count). The molecule has 0 aliphatic heterocycles. The van der Waals surface area contributed by atoms with Crippen LogP contribution >= 0.6 is 12.9 Å². The zero-order valence-corrected chi connectivity index (χ0v) is 6.91. The Hall–Kier alpha value is 1.26. The van der Waals surface area contributed by atoms with Crippen molar-refractivity contribution in [1.82, 2.24) is 0 Å². The molecule has 0 aliphatic rings. The molecule has 0 heterocycles. The zero-order chi connectivity index (χ0) is 7.33. The van der Waals surface area contributed by atoms with Gasteiger partial charge in [-0.15, -0.1) is 0 Å². The molecule has 0 aromatic heterocycles. The van der Waals surface area contributed by atoms with E-state index in [2.05, 4.69) is 16.5 Å². The van der Waals surface area contributed by atoms with Crippen LogP contribution in [0.15, 0.2) is 0 Å². The molecule has 0 saturated heterocycles. The van der Waals surface area contributed by atoms with Crippen molar-refractivity contribution in [1.29, 1.82) is 0 Å². The molecule has 58 valence electrons. The summed E-state index contributed by atoms with van der Waals surface area (Å²) >= 11 is 3.19. The Morgan fingerprint density at radius 3 is 2.30 bits per heavy atom. The maximum absolute atomic E-state index is 10.5. The molecule has 0 amide bonds. The van der Waals surface area contributed by atoms with E-state index in [0.29, 0.717) is 6.42 Å². The van der Waals surface area contributed by atoms with Crippen LogP contribution in [0, 0.1) is 0 Å². The first kappa shape index (κ1) is 13.8. The quantitative estimate of drug-likeness (QED) is 0.398. The number of thiol groups is 1. The van der Waals surface area contributed by atoms with Gasteiger partial charge < -0.3 is 0 Å². The van der Waals surface area contributed by atoms with Crippen molar-refractivity contribution < 1.29 is 12.0 Å². The topological polar surface area (TPSA) is 43.4 Å². The van der Waals surface area contributed by atoms with Crippen molar-refractivity contribution >= 4 is 52.6 Å². The van der Waals surface area contributed by atoms with Gasteiger partial charge in [0.1, 0.15) is 0 Å². The molecule has 0 aromatic rings. The van der Waals surface area contributed by atoms with Crippen LogP contribution in [-0.2, 0) is 13.7 Å². The monoisotopic (exact) mass is 194 g/mol. The average molecular weight is 194 g/mol. The van der Waals surface area contributed by atoms with Crippen LogP contribution in [0.5, 0.6) is 0 Å². The summed E-state index contributed by atoms with van der Waals surface area (Å²) in [6.45, 7) is 1.91. The van der Waals surface area contributed by atoms with E-state index in [1.165, 1.54) is 0 Å². The van der Waals surface area contributed by atoms with Crippen LogP contribution in [0.3, 0.4) is 0 Å². The van der Waals surface area contributed by atoms with E-state index in [4.69, 9.17) is 0 Å². The summed E-state index contributed by atoms with van der Waals surface area (Å²) in [6.07, 6.45) is 1.47. The second kappa shape index (κ2) is 6.94. The van der Waals surface area contributed by atoms with Crippen LogP contribution in [-0.4, -0.2) is 43.7 Å². The second-order valence-electron chi connectivity index (χ2n) is 1.69. The molecular formula is C4H11NaO3S2. The van der Waals surface area contributed by atoms with E-state index >= 15 is 0 Å². The summed E-state index contributed by atoms with van der Waals surface area (Å²) in [4.78, 5) is 0. The van der Waals surface area contributed by atoms with E-state index < -0.39 is 10.1 Å². The Kier molecular flexibility index (Phi) is 9.59. The predicted octanol–water partition coefficient (Wildman–Crippen LogP) is 0.329. The molecule has 0 aliphatic carbocycles. The molecule has 0 aromatic carbocycles. The van der Waals surface area contributed by atoms with E-state index in [0.717, 1.165) is 6.42 Å². The first-order valence-electron chi connectivity index (χ1n) is 2.68. The third-order valence-electron chi connectivity index (χ3n) is 0.861. The van der Waals surface area contributed by atoms with Gasteiger partial charge in [-0.25, -0.2) is 3.63 Å². The van der Waals surface area contributed by atoms with Crippen molar-refractivity contribution in [3.8, 4) is 0 Å². The predicted molar refractivity (Wildman–Crippen MR) is 45.9 cm³/mol. The summed E-state index contributed by atoms with van der Waals surface area (Å²) in [5, 5.41) is 0. The number of hydrogen-bond acceptors (Lipinski definition) is 4. The van der Waals surface area contributed by atoms with Crippen LogP contribution < -0.4 is 0 Å². The fraction of sp³-hybridized carbons (Fsp3) is 1.00. The molecule has 0 spiro atoms. The van der Waals surface area contributed by atoms with Gasteiger partial charge in [0.05, 0.1) is 5.75 Å². The van der Waals surface area contributed by atoms with Gasteiger partial charge in [0.15, 0.2) is 0 Å². The van der Waals surface area contributed by atoms with E-state index in [1.807, 2.05) is 6.92 Å². The molecule has 3 nitrogen and oxygen atoms in total. The van der Waals surface area contributed by atoms with Crippen LogP contribution in [0.25, 0.3) is 0 Å². The van der Waals surface area contributed by atoms with Crippen LogP contribution in [0.2, 0.25) is 0 Å². The SMILES string of the molecule is CCCCS(=O)(=O)OS.[NaH]. The minimum absolute atomic E-state index is 0. The molecule has 6 heteroatoms. The maximum atomic E-state index is 10.5. The van der Waals surface area contributed by atoms with E-state index in [-0.39, 0.29) is 35.3 Å². The average Bonchev–Trinajstić information content (AvgIpc) is 1.84. The number of hydrogen-bond donors (Lipinski definition) is 1. The third-order valence-corrected chi connectivity index (χ3v) is 2.56. The Balaban J connectivity index is 0. The van der Waals surface area contributed by atoms with Gasteiger partial charge in [0.2, 0.25) is 0 Å². The van der Waals surface area contributed by atoms with Crippen molar-refractivity contribution in [3.05, 3.63) is 0 Å². The van der Waals surface area contributed by atoms with Crippen molar-refractivity contribution in [2.75, 3.05) is 5.75 Å². The minimum atomic E-state index is -3.32. The van der Waals surface area contributed by atoms with Crippen molar-refractivity contribution in [2.24, 2.45) is 0 Å². The van der Waals surface area contributed by atoms with Gasteiger partial charge >= 0.3 is 29.6 Å². The number of rotatable bonds is 4. The van der Waals surface area contributed by atoms with Crippen molar-refractivity contribution in [3.63, 3.8) is 0 Å². The molecule has 10 heavy (non-hydrogen) atoms. The van der Waals surface area contributed by atoms with Gasteiger partial charge in [-0.2, -0.15) is 8.42 Å². The summed E-state index contributed by atoms with van der Waals surface area (Å²) in [5.41, 5.74) is 0. The summed E-state index contributed by atoms with van der Waals surface area (Å²) < 4.78 is 24.8. The summed E-state index contributed by atoms with van der Waals surface area (Å²) in [5.74, 6) is 0.0625. The fourth-order valence-electron chi connectivity index (χ4n) is 0.358. The molecule has 0 N–H and O–H groups in total. The Labute approximate surface area is 89.6 Å². The number of unbranched alkanes of at least 4 members (excludes halogenated alkanes) is 1. The molecule has 0 fully saturated rings. The molecule has 0 atom stereocenters. The van der Waals surface area contributed by atoms with E-state index in [1.54, 1.807) is 0 Å². The van der Waals surface area contributed by atoms with Gasteiger partial charge in [-0.1, -0.05) is 13.3 Å². The van der Waals surface area contributed by atoms with E-state index in [9.17, 15) is 8.42 Å². The standard InChI is InChI=1S/C4H10O3S2.Na.H/c1-2-3-4-9(5,6)7-8;;/h8H,2-4H2,1H3;;. The van der Waals surface area contributed by atoms with Crippen molar-refractivity contribution in [2.45, 2.75) is 19.8 Å². The zero-order valence-electron chi connectivity index (χ0n) is 5.20. The van der Waals surface area contributed by atoms with Gasteiger partial charge in [-0.3, -0.25) is 0 Å². The first-order chi connectivity index (χ1) is 4.12. The van der Waals surface area contributed by atoms with Gasteiger partial charge in [0.25, 0.3) is 10.1 Å². The normalized spacial score (nSPS) is 10.6. The molecular weight excluding hydrogens is 183 g/mol. The summed E-state index contributed by atoms with van der Waals surface area (Å²) in [7, 11) is -3.32. The first-order valence-corrected chi connectivity index (χ1v) is 4.62. The third kappa shape index (κ3) is 7.37. The Morgan fingerprint density at radius 1 is 1.50 bits per heavy atom. The summed E-state index contributed by atoms with van der Waals surface area (Å²) in [6, 6.07) is 0. The second-order valence-corrected chi connectivity index (χ2v) is 3.81.